The van der Waals surface area contributed by atoms with Crippen molar-refractivity contribution in [1.29, 1.82) is 0 Å². The number of likely N-dealkylation sites (N-methyl/N-ethyl adjacent to an activating group) is 2. The van der Waals surface area contributed by atoms with Gasteiger partial charge in [-0.05, 0) is 31.2 Å². The van der Waals surface area contributed by atoms with Crippen molar-refractivity contribution in [2.75, 3.05) is 32.5 Å². The number of nitrogens with zero attached hydrogens (tertiary/aromatic N) is 1. The molecule has 0 atom stereocenters. The van der Waals surface area contributed by atoms with Gasteiger partial charge < -0.3 is 15.5 Å². The Bertz CT molecular complexity index is 536. The zero-order valence-electron chi connectivity index (χ0n) is 14.0. The number of benzene rings is 1. The molecule has 0 radical (unpaired) electrons. The van der Waals surface area contributed by atoms with Crippen molar-refractivity contribution in [3.8, 4) is 0 Å². The number of hydrogen-bond acceptors (Lipinski definition) is 3. The van der Waals surface area contributed by atoms with Crippen LogP contribution in [0.25, 0.3) is 0 Å². The van der Waals surface area contributed by atoms with E-state index in [4.69, 9.17) is 11.6 Å². The van der Waals surface area contributed by atoms with E-state index in [9.17, 15) is 9.59 Å². The fourth-order valence-electron chi connectivity index (χ4n) is 1.94. The van der Waals surface area contributed by atoms with Gasteiger partial charge in [0.1, 0.15) is 0 Å². The number of halogens is 2. The molecule has 0 bridgehead atoms. The molecule has 0 fully saturated rings. The normalized spacial score (nSPS) is 10.2. The van der Waals surface area contributed by atoms with E-state index in [2.05, 4.69) is 10.6 Å². The predicted octanol–water partition coefficient (Wildman–Crippen LogP) is 3.04. The number of amides is 2. The van der Waals surface area contributed by atoms with Crippen LogP contribution in [0.5, 0.6) is 0 Å². The highest BCUT2D eigenvalue weighted by atomic mass is 35.5. The molecule has 1 aromatic rings. The van der Waals surface area contributed by atoms with Gasteiger partial charge in [-0.1, -0.05) is 25.4 Å². The lowest BCUT2D eigenvalue weighted by Crippen LogP contribution is -2.33. The summed E-state index contributed by atoms with van der Waals surface area (Å²) in [5, 5.41) is 6.17. The molecular formula is C16H25Cl2N3O2. The van der Waals surface area contributed by atoms with Crippen molar-refractivity contribution in [2.24, 2.45) is 5.92 Å². The molecule has 23 heavy (non-hydrogen) atoms. The largest absolute Gasteiger partial charge is 0.340 e. The van der Waals surface area contributed by atoms with Crippen LogP contribution in [0.3, 0.4) is 0 Å². The maximum absolute atomic E-state index is 12.4. The highest BCUT2D eigenvalue weighted by Crippen LogP contribution is 2.22. The molecule has 0 saturated heterocycles. The first kappa shape index (κ1) is 21.7. The molecule has 7 heteroatoms. The van der Waals surface area contributed by atoms with Gasteiger partial charge in [0.15, 0.2) is 0 Å². The maximum Gasteiger partial charge on any atom is 0.255 e. The molecule has 130 valence electrons. The first-order chi connectivity index (χ1) is 10.3. The van der Waals surface area contributed by atoms with Crippen LogP contribution < -0.4 is 10.6 Å². The minimum atomic E-state index is -0.166. The average molecular weight is 362 g/mol. The van der Waals surface area contributed by atoms with E-state index in [0.29, 0.717) is 35.8 Å². The second kappa shape index (κ2) is 10.5. The van der Waals surface area contributed by atoms with Crippen LogP contribution in [-0.4, -0.2) is 43.9 Å². The quantitative estimate of drug-likeness (QED) is 0.784. The summed E-state index contributed by atoms with van der Waals surface area (Å²) in [6.45, 7) is 5.24. The van der Waals surface area contributed by atoms with Crippen molar-refractivity contribution >= 4 is 41.5 Å². The van der Waals surface area contributed by atoms with E-state index in [1.165, 1.54) is 0 Å². The zero-order valence-corrected chi connectivity index (χ0v) is 15.6. The lowest BCUT2D eigenvalue weighted by molar-refractivity contribution is -0.116. The Kier molecular flexibility index (Phi) is 9.88. The van der Waals surface area contributed by atoms with Crippen LogP contribution in [-0.2, 0) is 4.79 Å². The topological polar surface area (TPSA) is 61.4 Å². The molecule has 2 amide bonds. The zero-order chi connectivity index (χ0) is 16.7. The summed E-state index contributed by atoms with van der Waals surface area (Å²) in [7, 11) is 3.55. The summed E-state index contributed by atoms with van der Waals surface area (Å²) in [6.07, 6.45) is 0.438. The highest BCUT2D eigenvalue weighted by molar-refractivity contribution is 6.34. The van der Waals surface area contributed by atoms with Crippen LogP contribution in [0.1, 0.15) is 30.6 Å². The van der Waals surface area contributed by atoms with E-state index in [1.54, 1.807) is 30.1 Å². The Labute approximate surface area is 149 Å². The predicted molar refractivity (Wildman–Crippen MR) is 97.7 cm³/mol. The summed E-state index contributed by atoms with van der Waals surface area (Å²) in [6, 6.07) is 4.95. The first-order valence-electron chi connectivity index (χ1n) is 7.34. The number of rotatable bonds is 7. The Morgan fingerprint density at radius 3 is 2.52 bits per heavy atom. The summed E-state index contributed by atoms with van der Waals surface area (Å²) < 4.78 is 0. The number of carbonyl (C=O) groups excluding carboxylic acids is 2. The molecule has 5 nitrogen and oxygen atoms in total. The number of carbonyl (C=O) groups is 2. The van der Waals surface area contributed by atoms with Crippen molar-refractivity contribution in [3.63, 3.8) is 0 Å². The third-order valence-electron chi connectivity index (χ3n) is 3.12. The molecule has 1 aromatic carbocycles. The molecule has 0 aliphatic carbocycles. The molecule has 0 aromatic heterocycles. The third-order valence-corrected chi connectivity index (χ3v) is 3.45. The fraction of sp³-hybridized carbons (Fsp3) is 0.500. The van der Waals surface area contributed by atoms with Crippen molar-refractivity contribution in [1.82, 2.24) is 10.2 Å². The van der Waals surface area contributed by atoms with Gasteiger partial charge in [0.05, 0.1) is 10.6 Å². The van der Waals surface area contributed by atoms with E-state index in [1.807, 2.05) is 20.9 Å². The van der Waals surface area contributed by atoms with Crippen LogP contribution >= 0.6 is 24.0 Å². The standard InChI is InChI=1S/C16H24ClN3O2.ClH/c1-11(2)9-15(21)19-12-5-6-14(17)13(10-12)16(22)20(4)8-7-18-3;/h5-6,10-11,18H,7-9H2,1-4H3,(H,19,21);1H. The lowest BCUT2D eigenvalue weighted by Gasteiger charge is -2.18. The van der Waals surface area contributed by atoms with Gasteiger partial charge in [0, 0.05) is 32.2 Å². The summed E-state index contributed by atoms with van der Waals surface area (Å²) in [5.41, 5.74) is 0.975. The average Bonchev–Trinajstić information content (AvgIpc) is 2.45. The van der Waals surface area contributed by atoms with Crippen LogP contribution in [0.4, 0.5) is 5.69 Å². The minimum Gasteiger partial charge on any atom is -0.340 e. The van der Waals surface area contributed by atoms with Crippen molar-refractivity contribution in [2.45, 2.75) is 20.3 Å². The molecule has 0 aliphatic heterocycles. The first-order valence-corrected chi connectivity index (χ1v) is 7.72. The van der Waals surface area contributed by atoms with Gasteiger partial charge in [-0.2, -0.15) is 0 Å². The van der Waals surface area contributed by atoms with Crippen molar-refractivity contribution < 1.29 is 9.59 Å². The molecule has 0 unspecified atom stereocenters. The van der Waals surface area contributed by atoms with Gasteiger partial charge in [0.2, 0.25) is 5.91 Å². The van der Waals surface area contributed by atoms with Crippen molar-refractivity contribution in [3.05, 3.63) is 28.8 Å². The van der Waals surface area contributed by atoms with Gasteiger partial charge in [0.25, 0.3) is 5.91 Å². The number of hydrogen-bond donors (Lipinski definition) is 2. The second-order valence-corrected chi connectivity index (χ2v) is 6.08. The van der Waals surface area contributed by atoms with Crippen LogP contribution in [0, 0.1) is 5.92 Å². The minimum absolute atomic E-state index is 0. The Morgan fingerprint density at radius 2 is 1.96 bits per heavy atom. The van der Waals surface area contributed by atoms with E-state index in [0.717, 1.165) is 0 Å². The summed E-state index contributed by atoms with van der Waals surface area (Å²) in [4.78, 5) is 25.8. The number of anilines is 1. The summed E-state index contributed by atoms with van der Waals surface area (Å²) in [5.74, 6) is 0.0422. The van der Waals surface area contributed by atoms with E-state index >= 15 is 0 Å². The lowest BCUT2D eigenvalue weighted by atomic mass is 10.1. The molecule has 2 N–H and O–H groups in total. The number of nitrogens with one attached hydrogen (secondary N) is 2. The monoisotopic (exact) mass is 361 g/mol. The molecule has 0 saturated carbocycles. The van der Waals surface area contributed by atoms with Crippen LogP contribution in [0.2, 0.25) is 5.02 Å². The highest BCUT2D eigenvalue weighted by Gasteiger charge is 2.16. The van der Waals surface area contributed by atoms with Gasteiger partial charge >= 0.3 is 0 Å². The fourth-order valence-corrected chi connectivity index (χ4v) is 2.13. The van der Waals surface area contributed by atoms with Gasteiger partial charge in [-0.15, -0.1) is 12.4 Å². The molecular weight excluding hydrogens is 337 g/mol. The Hall–Kier alpha value is -1.30. The molecule has 0 aliphatic rings. The van der Waals surface area contributed by atoms with Crippen LogP contribution in [0.15, 0.2) is 18.2 Å². The molecule has 0 heterocycles. The molecule has 0 spiro atoms. The van der Waals surface area contributed by atoms with E-state index < -0.39 is 0 Å². The summed E-state index contributed by atoms with van der Waals surface area (Å²) >= 11 is 6.11. The maximum atomic E-state index is 12.4. The Morgan fingerprint density at radius 1 is 1.30 bits per heavy atom. The third kappa shape index (κ3) is 7.20. The van der Waals surface area contributed by atoms with Gasteiger partial charge in [-0.3, -0.25) is 9.59 Å². The van der Waals surface area contributed by atoms with Gasteiger partial charge in [-0.25, -0.2) is 0 Å². The van der Waals surface area contributed by atoms with E-state index in [-0.39, 0.29) is 30.1 Å². The smallest absolute Gasteiger partial charge is 0.255 e. The second-order valence-electron chi connectivity index (χ2n) is 5.67. The SMILES string of the molecule is CNCCN(C)C(=O)c1cc(NC(=O)CC(C)C)ccc1Cl.Cl. The molecule has 1 rings (SSSR count). The Balaban J connectivity index is 0.00000484.